The maximum Gasteiger partial charge on any atom is 0.0706 e. The monoisotopic (exact) mass is 256 g/mol. The van der Waals surface area contributed by atoms with Crippen molar-refractivity contribution in [3.05, 3.63) is 0 Å². The maximum atomic E-state index is 5.93. The van der Waals surface area contributed by atoms with Crippen molar-refractivity contribution in [2.75, 3.05) is 39.9 Å². The molecule has 0 bridgehead atoms. The molecule has 0 spiro atoms. The lowest BCUT2D eigenvalue weighted by Gasteiger charge is -2.27. The summed E-state index contributed by atoms with van der Waals surface area (Å²) < 4.78 is 11.0. The van der Waals surface area contributed by atoms with Crippen LogP contribution in [-0.2, 0) is 9.47 Å². The lowest BCUT2D eigenvalue weighted by molar-refractivity contribution is 0.0287. The smallest absolute Gasteiger partial charge is 0.0706 e. The summed E-state index contributed by atoms with van der Waals surface area (Å²) in [5, 5.41) is 3.48. The quantitative estimate of drug-likeness (QED) is 0.695. The highest BCUT2D eigenvalue weighted by Crippen LogP contribution is 2.23. The van der Waals surface area contributed by atoms with E-state index in [0.717, 1.165) is 26.2 Å². The van der Waals surface area contributed by atoms with Crippen molar-refractivity contribution in [3.8, 4) is 0 Å². The van der Waals surface area contributed by atoms with Gasteiger partial charge in [0.1, 0.15) is 0 Å². The summed E-state index contributed by atoms with van der Waals surface area (Å²) in [7, 11) is 1.75. The molecule has 2 heterocycles. The minimum Gasteiger partial charge on any atom is -0.383 e. The Morgan fingerprint density at radius 3 is 2.94 bits per heavy atom. The van der Waals surface area contributed by atoms with Crippen LogP contribution in [0, 0.1) is 0 Å². The van der Waals surface area contributed by atoms with E-state index in [-0.39, 0.29) is 0 Å². The zero-order chi connectivity index (χ0) is 12.8. The fourth-order valence-corrected chi connectivity index (χ4v) is 3.09. The Labute approximate surface area is 111 Å². The van der Waals surface area contributed by atoms with Gasteiger partial charge in [0.15, 0.2) is 0 Å². The number of ether oxygens (including phenoxy) is 2. The Bertz CT molecular complexity index is 238. The fourth-order valence-electron chi connectivity index (χ4n) is 3.09. The van der Waals surface area contributed by atoms with Crippen molar-refractivity contribution in [1.82, 2.24) is 10.2 Å². The Kier molecular flexibility index (Phi) is 5.89. The number of rotatable bonds is 7. The molecule has 0 aromatic rings. The lowest BCUT2D eigenvalue weighted by atomic mass is 10.2. The average molecular weight is 256 g/mol. The van der Waals surface area contributed by atoms with Gasteiger partial charge in [0.25, 0.3) is 0 Å². The van der Waals surface area contributed by atoms with Crippen molar-refractivity contribution in [1.29, 1.82) is 0 Å². The van der Waals surface area contributed by atoms with Crippen LogP contribution in [0.5, 0.6) is 0 Å². The van der Waals surface area contributed by atoms with Crippen molar-refractivity contribution >= 4 is 0 Å². The second-order valence-electron chi connectivity index (χ2n) is 5.63. The summed E-state index contributed by atoms with van der Waals surface area (Å²) in [6, 6.07) is 0.696. The van der Waals surface area contributed by atoms with Gasteiger partial charge in [-0.3, -0.25) is 4.90 Å². The van der Waals surface area contributed by atoms with Gasteiger partial charge in [-0.15, -0.1) is 0 Å². The maximum absolute atomic E-state index is 5.93. The third-order valence-electron chi connectivity index (χ3n) is 4.12. The van der Waals surface area contributed by atoms with Crippen LogP contribution in [0.25, 0.3) is 0 Å². The SMILES string of the molecule is COCCNCC1CCCN1CC1CCC(C)O1. The molecule has 0 radical (unpaired) electrons. The number of nitrogens with zero attached hydrogens (tertiary/aromatic N) is 1. The summed E-state index contributed by atoms with van der Waals surface area (Å²) >= 11 is 0. The van der Waals surface area contributed by atoms with E-state index in [0.29, 0.717) is 18.2 Å². The second kappa shape index (κ2) is 7.43. The Morgan fingerprint density at radius 1 is 1.33 bits per heavy atom. The van der Waals surface area contributed by atoms with E-state index < -0.39 is 0 Å². The molecule has 2 aliphatic heterocycles. The molecule has 4 nitrogen and oxygen atoms in total. The zero-order valence-electron chi connectivity index (χ0n) is 11.9. The van der Waals surface area contributed by atoms with Gasteiger partial charge in [-0.1, -0.05) is 0 Å². The van der Waals surface area contributed by atoms with E-state index in [9.17, 15) is 0 Å². The summed E-state index contributed by atoms with van der Waals surface area (Å²) in [5.74, 6) is 0. The minimum absolute atomic E-state index is 0.468. The number of methoxy groups -OCH3 is 1. The lowest BCUT2D eigenvalue weighted by Crippen LogP contribution is -2.42. The second-order valence-corrected chi connectivity index (χ2v) is 5.63. The first-order chi connectivity index (χ1) is 8.79. The van der Waals surface area contributed by atoms with Gasteiger partial charge < -0.3 is 14.8 Å². The summed E-state index contributed by atoms with van der Waals surface area (Å²) in [4.78, 5) is 2.61. The number of hydrogen-bond acceptors (Lipinski definition) is 4. The largest absolute Gasteiger partial charge is 0.383 e. The van der Waals surface area contributed by atoms with Crippen LogP contribution in [0.2, 0.25) is 0 Å². The van der Waals surface area contributed by atoms with Crippen LogP contribution in [0.15, 0.2) is 0 Å². The Hall–Kier alpha value is -0.160. The van der Waals surface area contributed by atoms with Gasteiger partial charge in [-0.05, 0) is 39.2 Å². The topological polar surface area (TPSA) is 33.7 Å². The van der Waals surface area contributed by atoms with E-state index in [1.54, 1.807) is 7.11 Å². The van der Waals surface area contributed by atoms with Gasteiger partial charge in [0, 0.05) is 32.8 Å². The van der Waals surface area contributed by atoms with Crippen molar-refractivity contribution in [2.24, 2.45) is 0 Å². The van der Waals surface area contributed by atoms with Crippen LogP contribution >= 0.6 is 0 Å². The molecule has 0 aliphatic carbocycles. The first kappa shape index (κ1) is 14.3. The first-order valence-corrected chi connectivity index (χ1v) is 7.38. The van der Waals surface area contributed by atoms with Crippen LogP contribution in [0.3, 0.4) is 0 Å². The molecule has 18 heavy (non-hydrogen) atoms. The highest BCUT2D eigenvalue weighted by molar-refractivity contribution is 4.84. The van der Waals surface area contributed by atoms with E-state index in [1.165, 1.54) is 32.2 Å². The molecule has 1 N–H and O–H groups in total. The highest BCUT2D eigenvalue weighted by atomic mass is 16.5. The first-order valence-electron chi connectivity index (χ1n) is 7.38. The third kappa shape index (κ3) is 4.19. The van der Waals surface area contributed by atoms with Crippen LogP contribution in [0.1, 0.15) is 32.6 Å². The van der Waals surface area contributed by atoms with Crippen LogP contribution < -0.4 is 5.32 Å². The summed E-state index contributed by atoms with van der Waals surface area (Å²) in [6.45, 7) is 7.40. The molecule has 2 fully saturated rings. The van der Waals surface area contributed by atoms with Gasteiger partial charge in [-0.2, -0.15) is 0 Å². The standard InChI is InChI=1S/C14H28N2O2/c1-12-5-6-14(18-12)11-16-8-3-4-13(16)10-15-7-9-17-2/h12-15H,3-11H2,1-2H3. The highest BCUT2D eigenvalue weighted by Gasteiger charge is 2.29. The number of likely N-dealkylation sites (tertiary alicyclic amines) is 1. The van der Waals surface area contributed by atoms with Crippen LogP contribution in [0.4, 0.5) is 0 Å². The molecule has 0 saturated carbocycles. The van der Waals surface area contributed by atoms with Gasteiger partial charge in [-0.25, -0.2) is 0 Å². The Morgan fingerprint density at radius 2 is 2.22 bits per heavy atom. The van der Waals surface area contributed by atoms with Gasteiger partial charge in [0.2, 0.25) is 0 Å². The third-order valence-corrected chi connectivity index (χ3v) is 4.12. The molecule has 0 aromatic heterocycles. The predicted molar refractivity (Wildman–Crippen MR) is 72.9 cm³/mol. The number of hydrogen-bond donors (Lipinski definition) is 1. The fraction of sp³-hybridized carbons (Fsp3) is 1.00. The predicted octanol–water partition coefficient (Wildman–Crippen LogP) is 1.25. The van der Waals surface area contributed by atoms with Gasteiger partial charge >= 0.3 is 0 Å². The van der Waals surface area contributed by atoms with Crippen molar-refractivity contribution in [2.45, 2.75) is 50.9 Å². The molecule has 3 atom stereocenters. The van der Waals surface area contributed by atoms with E-state index in [1.807, 2.05) is 0 Å². The van der Waals surface area contributed by atoms with Crippen LogP contribution in [-0.4, -0.2) is 63.0 Å². The normalized spacial score (nSPS) is 33.3. The molecule has 106 valence electrons. The molecular formula is C14H28N2O2. The summed E-state index contributed by atoms with van der Waals surface area (Å²) in [5.41, 5.74) is 0. The summed E-state index contributed by atoms with van der Waals surface area (Å²) in [6.07, 6.45) is 6.06. The molecule has 4 heteroatoms. The molecule has 3 unspecified atom stereocenters. The molecule has 2 saturated heterocycles. The van der Waals surface area contributed by atoms with Crippen molar-refractivity contribution < 1.29 is 9.47 Å². The Balaban J connectivity index is 1.67. The van der Waals surface area contributed by atoms with Crippen molar-refractivity contribution in [3.63, 3.8) is 0 Å². The molecule has 2 aliphatic rings. The van der Waals surface area contributed by atoms with E-state index in [4.69, 9.17) is 9.47 Å². The van der Waals surface area contributed by atoms with Gasteiger partial charge in [0.05, 0.1) is 18.8 Å². The molecule has 0 amide bonds. The van der Waals surface area contributed by atoms with E-state index >= 15 is 0 Å². The molecule has 2 rings (SSSR count). The average Bonchev–Trinajstić information content (AvgIpc) is 2.95. The zero-order valence-corrected chi connectivity index (χ0v) is 11.9. The van der Waals surface area contributed by atoms with E-state index in [2.05, 4.69) is 17.1 Å². The molecule has 0 aromatic carbocycles. The number of nitrogens with one attached hydrogen (secondary N) is 1. The minimum atomic E-state index is 0.468. The molecular weight excluding hydrogens is 228 g/mol.